The molecule has 4 nitrogen and oxygen atoms in total. The summed E-state index contributed by atoms with van der Waals surface area (Å²) in [6.07, 6.45) is 6.23. The van der Waals surface area contributed by atoms with E-state index in [9.17, 15) is 9.59 Å². The number of carbonyl (C=O) groups excluding carboxylic acids is 2. The molecule has 4 heteroatoms. The van der Waals surface area contributed by atoms with E-state index in [1.54, 1.807) is 13.8 Å². The maximum absolute atomic E-state index is 11.9. The summed E-state index contributed by atoms with van der Waals surface area (Å²) >= 11 is 0. The second kappa shape index (κ2) is 11.1. The highest BCUT2D eigenvalue weighted by atomic mass is 16.6. The largest absolute Gasteiger partial charge is 0.465 e. The summed E-state index contributed by atoms with van der Waals surface area (Å²) in [5.41, 5.74) is 0.998. The molecule has 1 atom stereocenters. The molecule has 0 amide bonds. The Balaban J connectivity index is 4.63. The summed E-state index contributed by atoms with van der Waals surface area (Å²) in [4.78, 5) is 23.7. The highest BCUT2D eigenvalue weighted by Crippen LogP contribution is 2.17. The van der Waals surface area contributed by atoms with E-state index >= 15 is 0 Å². The van der Waals surface area contributed by atoms with Gasteiger partial charge in [0.15, 0.2) is 5.92 Å². The van der Waals surface area contributed by atoms with E-state index in [0.717, 1.165) is 18.4 Å². The lowest BCUT2D eigenvalue weighted by atomic mass is 9.98. The van der Waals surface area contributed by atoms with Crippen LogP contribution in [-0.2, 0) is 19.1 Å². The maximum atomic E-state index is 11.9. The third-order valence-corrected chi connectivity index (χ3v) is 3.19. The molecule has 0 radical (unpaired) electrons. The van der Waals surface area contributed by atoms with Crippen molar-refractivity contribution in [3.63, 3.8) is 0 Å². The Kier molecular flexibility index (Phi) is 10.3. The second-order valence-corrected chi connectivity index (χ2v) is 5.10. The van der Waals surface area contributed by atoms with Crippen LogP contribution in [0.25, 0.3) is 0 Å². The van der Waals surface area contributed by atoms with Gasteiger partial charge >= 0.3 is 11.9 Å². The highest BCUT2D eigenvalue weighted by molar-refractivity contribution is 5.95. The molecule has 0 bridgehead atoms. The quantitative estimate of drug-likeness (QED) is 0.351. The Morgan fingerprint density at radius 1 is 1.14 bits per heavy atom. The van der Waals surface area contributed by atoms with Gasteiger partial charge in [-0.3, -0.25) is 9.59 Å². The molecule has 0 aliphatic heterocycles. The van der Waals surface area contributed by atoms with Crippen molar-refractivity contribution in [1.82, 2.24) is 0 Å². The first-order valence-corrected chi connectivity index (χ1v) is 7.57. The summed E-state index contributed by atoms with van der Waals surface area (Å²) in [7, 11) is 0. The topological polar surface area (TPSA) is 52.6 Å². The number of carbonyl (C=O) groups is 2. The molecule has 0 N–H and O–H groups in total. The lowest BCUT2D eigenvalue weighted by molar-refractivity contribution is -0.161. The lowest BCUT2D eigenvalue weighted by Gasteiger charge is -2.14. The first kappa shape index (κ1) is 19.4. The van der Waals surface area contributed by atoms with E-state index in [1.165, 1.54) is 0 Å². The van der Waals surface area contributed by atoms with Gasteiger partial charge in [0.1, 0.15) is 0 Å². The summed E-state index contributed by atoms with van der Waals surface area (Å²) in [5, 5.41) is 0. The first-order chi connectivity index (χ1) is 9.96. The molecule has 0 rings (SSSR count). The fraction of sp³-hybridized carbons (Fsp3) is 0.647. The number of hydrogen-bond acceptors (Lipinski definition) is 4. The SMILES string of the molecule is C=CC(C)CC/C=C(\C)CC(C(=O)OCC)C(=O)OCC. The third-order valence-electron chi connectivity index (χ3n) is 3.19. The van der Waals surface area contributed by atoms with Gasteiger partial charge in [-0.2, -0.15) is 0 Å². The highest BCUT2D eigenvalue weighted by Gasteiger charge is 2.29. The van der Waals surface area contributed by atoms with Crippen LogP contribution in [0.2, 0.25) is 0 Å². The molecule has 21 heavy (non-hydrogen) atoms. The normalized spacial score (nSPS) is 12.9. The molecule has 0 aliphatic rings. The minimum absolute atomic E-state index is 0.258. The van der Waals surface area contributed by atoms with E-state index in [0.29, 0.717) is 12.3 Å². The number of ether oxygens (including phenoxy) is 2. The van der Waals surface area contributed by atoms with Crippen LogP contribution in [0, 0.1) is 11.8 Å². The first-order valence-electron chi connectivity index (χ1n) is 7.57. The molecule has 0 fully saturated rings. The van der Waals surface area contributed by atoms with Crippen molar-refractivity contribution in [3.8, 4) is 0 Å². The van der Waals surface area contributed by atoms with Gasteiger partial charge in [0.2, 0.25) is 0 Å². The summed E-state index contributed by atoms with van der Waals surface area (Å²) in [6.45, 7) is 11.7. The van der Waals surface area contributed by atoms with E-state index in [1.807, 2.05) is 13.0 Å². The zero-order chi connectivity index (χ0) is 16.3. The van der Waals surface area contributed by atoms with E-state index in [2.05, 4.69) is 19.6 Å². The Hall–Kier alpha value is -1.58. The van der Waals surface area contributed by atoms with Crippen molar-refractivity contribution in [2.75, 3.05) is 13.2 Å². The number of esters is 2. The zero-order valence-electron chi connectivity index (χ0n) is 13.7. The Labute approximate surface area is 128 Å². The van der Waals surface area contributed by atoms with Gasteiger partial charge < -0.3 is 9.47 Å². The second-order valence-electron chi connectivity index (χ2n) is 5.10. The average Bonchev–Trinajstić information content (AvgIpc) is 2.44. The Bertz CT molecular complexity index is 353. The van der Waals surface area contributed by atoms with Crippen molar-refractivity contribution in [3.05, 3.63) is 24.3 Å². The molecular weight excluding hydrogens is 268 g/mol. The van der Waals surface area contributed by atoms with E-state index < -0.39 is 17.9 Å². The minimum atomic E-state index is -0.863. The van der Waals surface area contributed by atoms with Crippen molar-refractivity contribution in [2.45, 2.75) is 47.0 Å². The molecule has 0 aromatic rings. The summed E-state index contributed by atoms with van der Waals surface area (Å²) in [6, 6.07) is 0. The third kappa shape index (κ3) is 8.33. The fourth-order valence-electron chi connectivity index (χ4n) is 1.86. The van der Waals surface area contributed by atoms with Gasteiger partial charge in [0.25, 0.3) is 0 Å². The van der Waals surface area contributed by atoms with Crippen LogP contribution in [0.5, 0.6) is 0 Å². The Morgan fingerprint density at radius 3 is 2.10 bits per heavy atom. The smallest absolute Gasteiger partial charge is 0.320 e. The summed E-state index contributed by atoms with van der Waals surface area (Å²) < 4.78 is 9.90. The average molecular weight is 296 g/mol. The monoisotopic (exact) mass is 296 g/mol. The number of rotatable bonds is 10. The summed E-state index contributed by atoms with van der Waals surface area (Å²) in [5.74, 6) is -1.43. The van der Waals surface area contributed by atoms with Gasteiger partial charge in [-0.15, -0.1) is 6.58 Å². The molecule has 0 aromatic heterocycles. The van der Waals surface area contributed by atoms with Gasteiger partial charge in [-0.25, -0.2) is 0 Å². The van der Waals surface area contributed by atoms with Crippen LogP contribution in [-0.4, -0.2) is 25.2 Å². The van der Waals surface area contributed by atoms with Gasteiger partial charge in [0, 0.05) is 0 Å². The van der Waals surface area contributed by atoms with Crippen LogP contribution in [0.4, 0.5) is 0 Å². The van der Waals surface area contributed by atoms with Crippen LogP contribution < -0.4 is 0 Å². The molecule has 120 valence electrons. The molecule has 0 heterocycles. The standard InChI is InChI=1S/C17H28O4/c1-6-13(4)10-9-11-14(5)12-15(16(18)20-7-2)17(19)21-8-3/h6,11,13,15H,1,7-10,12H2,2-5H3/b14-11+. The van der Waals surface area contributed by atoms with Crippen molar-refractivity contribution in [2.24, 2.45) is 11.8 Å². The molecule has 0 saturated carbocycles. The molecule has 0 aliphatic carbocycles. The van der Waals surface area contributed by atoms with Crippen molar-refractivity contribution >= 4 is 11.9 Å². The van der Waals surface area contributed by atoms with Crippen molar-refractivity contribution in [1.29, 1.82) is 0 Å². The van der Waals surface area contributed by atoms with Crippen LogP contribution in [0.1, 0.15) is 47.0 Å². The van der Waals surface area contributed by atoms with Gasteiger partial charge in [-0.05, 0) is 46.0 Å². The predicted molar refractivity (Wildman–Crippen MR) is 83.7 cm³/mol. The molecule has 0 aromatic carbocycles. The van der Waals surface area contributed by atoms with Gasteiger partial charge in [0.05, 0.1) is 13.2 Å². The fourth-order valence-corrected chi connectivity index (χ4v) is 1.86. The Morgan fingerprint density at radius 2 is 1.67 bits per heavy atom. The van der Waals surface area contributed by atoms with Crippen LogP contribution in [0.15, 0.2) is 24.3 Å². The van der Waals surface area contributed by atoms with E-state index in [-0.39, 0.29) is 13.2 Å². The predicted octanol–water partition coefficient (Wildman–Crippen LogP) is 3.67. The number of hydrogen-bond donors (Lipinski definition) is 0. The van der Waals surface area contributed by atoms with E-state index in [4.69, 9.17) is 9.47 Å². The molecule has 1 unspecified atom stereocenters. The molecule has 0 spiro atoms. The van der Waals surface area contributed by atoms with Gasteiger partial charge in [-0.1, -0.05) is 24.6 Å². The zero-order valence-corrected chi connectivity index (χ0v) is 13.7. The number of allylic oxidation sites excluding steroid dienone is 3. The molecule has 0 saturated heterocycles. The maximum Gasteiger partial charge on any atom is 0.320 e. The van der Waals surface area contributed by atoms with Crippen LogP contribution >= 0.6 is 0 Å². The van der Waals surface area contributed by atoms with Crippen molar-refractivity contribution < 1.29 is 19.1 Å². The molecular formula is C17H28O4. The lowest BCUT2D eigenvalue weighted by Crippen LogP contribution is -2.28. The van der Waals surface area contributed by atoms with Crippen LogP contribution in [0.3, 0.4) is 0 Å². The minimum Gasteiger partial charge on any atom is -0.465 e.